The lowest BCUT2D eigenvalue weighted by molar-refractivity contribution is 0.0995. The highest BCUT2D eigenvalue weighted by Gasteiger charge is 2.13. The van der Waals surface area contributed by atoms with Crippen LogP contribution in [0.4, 0.5) is 10.1 Å². The molecule has 0 radical (unpaired) electrons. The molecule has 0 unspecified atom stereocenters. The van der Waals surface area contributed by atoms with Crippen molar-refractivity contribution in [3.8, 4) is 5.75 Å². The first-order valence-corrected chi connectivity index (χ1v) is 5.93. The fourth-order valence-corrected chi connectivity index (χ4v) is 1.68. The molecule has 6 nitrogen and oxygen atoms in total. The topological polar surface area (TPSA) is 94.3 Å². The number of carbonyl (C=O) groups excluding carboxylic acids is 2. The standard InChI is InChI=1S/C14H12FN3O3/c1-21-11-6-5-8(13(16)19)7-10(11)18-14(20)9-3-2-4-12(15)17-9/h2-7H,1H3,(H2,16,19)(H,18,20). The van der Waals surface area contributed by atoms with E-state index in [4.69, 9.17) is 10.5 Å². The molecule has 2 amide bonds. The summed E-state index contributed by atoms with van der Waals surface area (Å²) in [5.41, 5.74) is 5.53. The zero-order valence-electron chi connectivity index (χ0n) is 11.1. The van der Waals surface area contributed by atoms with Gasteiger partial charge in [-0.05, 0) is 30.3 Å². The quantitative estimate of drug-likeness (QED) is 0.835. The summed E-state index contributed by atoms with van der Waals surface area (Å²) in [6.45, 7) is 0. The number of pyridine rings is 1. The van der Waals surface area contributed by atoms with E-state index in [2.05, 4.69) is 10.3 Å². The number of methoxy groups -OCH3 is 1. The number of aromatic nitrogens is 1. The first-order chi connectivity index (χ1) is 10.0. The Labute approximate surface area is 119 Å². The fraction of sp³-hybridized carbons (Fsp3) is 0.0714. The Morgan fingerprint density at radius 3 is 2.67 bits per heavy atom. The van der Waals surface area contributed by atoms with Crippen LogP contribution in [0.3, 0.4) is 0 Å². The highest BCUT2D eigenvalue weighted by Crippen LogP contribution is 2.25. The van der Waals surface area contributed by atoms with Crippen LogP contribution in [0.15, 0.2) is 36.4 Å². The van der Waals surface area contributed by atoms with Crippen LogP contribution in [-0.2, 0) is 0 Å². The first-order valence-electron chi connectivity index (χ1n) is 5.93. The normalized spacial score (nSPS) is 10.0. The number of hydrogen-bond acceptors (Lipinski definition) is 4. The van der Waals surface area contributed by atoms with Crippen LogP contribution in [0.2, 0.25) is 0 Å². The lowest BCUT2D eigenvalue weighted by Gasteiger charge is -2.11. The van der Waals surface area contributed by atoms with E-state index in [1.54, 1.807) is 0 Å². The van der Waals surface area contributed by atoms with E-state index < -0.39 is 17.8 Å². The van der Waals surface area contributed by atoms with E-state index in [1.165, 1.54) is 37.4 Å². The van der Waals surface area contributed by atoms with Crippen LogP contribution >= 0.6 is 0 Å². The van der Waals surface area contributed by atoms with Gasteiger partial charge in [-0.15, -0.1) is 0 Å². The minimum absolute atomic E-state index is 0.0958. The Balaban J connectivity index is 2.31. The lowest BCUT2D eigenvalue weighted by atomic mass is 10.1. The second-order valence-corrected chi connectivity index (χ2v) is 4.08. The van der Waals surface area contributed by atoms with Gasteiger partial charge in [-0.3, -0.25) is 9.59 Å². The molecular formula is C14H12FN3O3. The van der Waals surface area contributed by atoms with Crippen LogP contribution < -0.4 is 15.8 Å². The number of nitrogens with two attached hydrogens (primary N) is 1. The summed E-state index contributed by atoms with van der Waals surface area (Å²) in [7, 11) is 1.41. The van der Waals surface area contributed by atoms with Crippen molar-refractivity contribution in [2.45, 2.75) is 0 Å². The van der Waals surface area contributed by atoms with Crippen LogP contribution in [0.5, 0.6) is 5.75 Å². The van der Waals surface area contributed by atoms with Gasteiger partial charge in [0, 0.05) is 5.56 Å². The molecule has 0 saturated carbocycles. The van der Waals surface area contributed by atoms with Gasteiger partial charge in [0.15, 0.2) is 0 Å². The Kier molecular flexibility index (Phi) is 4.13. The van der Waals surface area contributed by atoms with Gasteiger partial charge in [0.1, 0.15) is 11.4 Å². The van der Waals surface area contributed by atoms with Crippen molar-refractivity contribution >= 4 is 17.5 Å². The van der Waals surface area contributed by atoms with E-state index in [-0.39, 0.29) is 16.9 Å². The number of ether oxygens (including phenoxy) is 1. The van der Waals surface area contributed by atoms with E-state index in [1.807, 2.05) is 0 Å². The molecule has 0 atom stereocenters. The molecule has 2 aromatic rings. The predicted molar refractivity (Wildman–Crippen MR) is 73.7 cm³/mol. The minimum atomic E-state index is -0.763. The van der Waals surface area contributed by atoms with Gasteiger partial charge in [-0.25, -0.2) is 4.98 Å². The number of nitrogens with zero attached hydrogens (tertiary/aromatic N) is 1. The Hall–Kier alpha value is -2.96. The molecule has 0 aliphatic carbocycles. The van der Waals surface area contributed by atoms with Gasteiger partial charge in [0.05, 0.1) is 12.8 Å². The maximum Gasteiger partial charge on any atom is 0.274 e. The predicted octanol–water partition coefficient (Wildman–Crippen LogP) is 1.58. The van der Waals surface area contributed by atoms with Gasteiger partial charge in [-0.2, -0.15) is 4.39 Å². The number of amides is 2. The lowest BCUT2D eigenvalue weighted by Crippen LogP contribution is -2.16. The third kappa shape index (κ3) is 3.33. The van der Waals surface area contributed by atoms with Crippen molar-refractivity contribution < 1.29 is 18.7 Å². The van der Waals surface area contributed by atoms with Gasteiger partial charge < -0.3 is 15.8 Å². The largest absolute Gasteiger partial charge is 0.495 e. The molecule has 21 heavy (non-hydrogen) atoms. The first kappa shape index (κ1) is 14.4. The van der Waals surface area contributed by atoms with Crippen molar-refractivity contribution in [3.63, 3.8) is 0 Å². The van der Waals surface area contributed by atoms with E-state index in [9.17, 15) is 14.0 Å². The molecule has 0 aliphatic rings. The third-order valence-electron chi connectivity index (χ3n) is 2.68. The SMILES string of the molecule is COc1ccc(C(N)=O)cc1NC(=O)c1cccc(F)n1. The summed E-state index contributed by atoms with van der Waals surface area (Å²) in [6, 6.07) is 8.20. The van der Waals surface area contributed by atoms with E-state index >= 15 is 0 Å². The van der Waals surface area contributed by atoms with Crippen molar-refractivity contribution in [2.24, 2.45) is 5.73 Å². The summed E-state index contributed by atoms with van der Waals surface area (Å²) in [4.78, 5) is 26.6. The molecule has 0 fully saturated rings. The van der Waals surface area contributed by atoms with Gasteiger partial charge in [0.2, 0.25) is 11.9 Å². The molecule has 0 aliphatic heterocycles. The molecule has 3 N–H and O–H groups in total. The van der Waals surface area contributed by atoms with Crippen LogP contribution in [0.1, 0.15) is 20.8 Å². The summed E-state index contributed by atoms with van der Waals surface area (Å²) in [6.07, 6.45) is 0. The molecule has 7 heteroatoms. The average molecular weight is 289 g/mol. The van der Waals surface area contributed by atoms with Gasteiger partial charge in [-0.1, -0.05) is 6.07 Å². The fourth-order valence-electron chi connectivity index (χ4n) is 1.68. The average Bonchev–Trinajstić information content (AvgIpc) is 2.47. The molecule has 1 heterocycles. The second-order valence-electron chi connectivity index (χ2n) is 4.08. The molecule has 1 aromatic heterocycles. The third-order valence-corrected chi connectivity index (χ3v) is 2.68. The summed E-state index contributed by atoms with van der Waals surface area (Å²) < 4.78 is 18.1. The van der Waals surface area contributed by atoms with Crippen molar-refractivity contribution in [3.05, 3.63) is 53.6 Å². The van der Waals surface area contributed by atoms with Gasteiger partial charge in [0.25, 0.3) is 5.91 Å². The maximum atomic E-state index is 13.0. The smallest absolute Gasteiger partial charge is 0.274 e. The molecule has 0 spiro atoms. The van der Waals surface area contributed by atoms with Crippen molar-refractivity contribution in [1.29, 1.82) is 0 Å². The Morgan fingerprint density at radius 2 is 2.05 bits per heavy atom. The highest BCUT2D eigenvalue weighted by molar-refractivity contribution is 6.04. The van der Waals surface area contributed by atoms with Crippen LogP contribution in [-0.4, -0.2) is 23.9 Å². The molecule has 0 bridgehead atoms. The number of nitrogens with one attached hydrogen (secondary N) is 1. The molecule has 1 aromatic carbocycles. The van der Waals surface area contributed by atoms with Crippen molar-refractivity contribution in [1.82, 2.24) is 4.98 Å². The molecular weight excluding hydrogens is 277 g/mol. The zero-order valence-corrected chi connectivity index (χ0v) is 11.1. The number of primary amides is 1. The molecule has 0 saturated heterocycles. The van der Waals surface area contributed by atoms with Gasteiger partial charge >= 0.3 is 0 Å². The highest BCUT2D eigenvalue weighted by atomic mass is 19.1. The number of rotatable bonds is 4. The number of carbonyl (C=O) groups is 2. The molecule has 2 rings (SSSR count). The Morgan fingerprint density at radius 1 is 1.29 bits per heavy atom. The molecule has 108 valence electrons. The zero-order chi connectivity index (χ0) is 15.4. The van der Waals surface area contributed by atoms with Crippen LogP contribution in [0, 0.1) is 5.95 Å². The summed E-state index contributed by atoms with van der Waals surface area (Å²) >= 11 is 0. The summed E-state index contributed by atoms with van der Waals surface area (Å²) in [5.74, 6) is -1.70. The minimum Gasteiger partial charge on any atom is -0.495 e. The van der Waals surface area contributed by atoms with Crippen LogP contribution in [0.25, 0.3) is 0 Å². The second kappa shape index (κ2) is 6.00. The number of benzene rings is 1. The number of anilines is 1. The Bertz CT molecular complexity index is 704. The van der Waals surface area contributed by atoms with E-state index in [0.717, 1.165) is 6.07 Å². The maximum absolute atomic E-state index is 13.0. The number of halogens is 1. The monoisotopic (exact) mass is 289 g/mol. The van der Waals surface area contributed by atoms with Crippen molar-refractivity contribution in [2.75, 3.05) is 12.4 Å². The summed E-state index contributed by atoms with van der Waals surface area (Å²) in [5, 5.41) is 2.50. The number of hydrogen-bond donors (Lipinski definition) is 2. The van der Waals surface area contributed by atoms with E-state index in [0.29, 0.717) is 5.75 Å².